The summed E-state index contributed by atoms with van der Waals surface area (Å²) >= 11 is 0. The van der Waals surface area contributed by atoms with E-state index >= 15 is 0 Å². The van der Waals surface area contributed by atoms with Crippen LogP contribution in [0, 0.1) is 5.41 Å². The summed E-state index contributed by atoms with van der Waals surface area (Å²) < 4.78 is 11.1. The SMILES string of the molecule is CCO[C@@H]1C[C@@H](O)C12CCN(C(=O)[C@@H]1COCCN1)CC2. The van der Waals surface area contributed by atoms with E-state index in [0.29, 0.717) is 32.9 Å². The Morgan fingerprint density at radius 1 is 1.48 bits per heavy atom. The van der Waals surface area contributed by atoms with E-state index in [-0.39, 0.29) is 29.6 Å². The second-order valence-corrected chi connectivity index (χ2v) is 6.34. The van der Waals surface area contributed by atoms with Crippen LogP contribution in [0.3, 0.4) is 0 Å². The van der Waals surface area contributed by atoms with Crippen molar-refractivity contribution in [2.45, 2.75) is 44.4 Å². The molecule has 6 nitrogen and oxygen atoms in total. The van der Waals surface area contributed by atoms with Crippen LogP contribution in [0.5, 0.6) is 0 Å². The molecule has 120 valence electrons. The van der Waals surface area contributed by atoms with Gasteiger partial charge in [0.25, 0.3) is 0 Å². The third kappa shape index (κ3) is 2.70. The van der Waals surface area contributed by atoms with Crippen molar-refractivity contribution in [2.24, 2.45) is 5.41 Å². The highest BCUT2D eigenvalue weighted by atomic mass is 16.5. The van der Waals surface area contributed by atoms with Crippen LogP contribution in [-0.2, 0) is 14.3 Å². The molecule has 0 radical (unpaired) electrons. The summed E-state index contributed by atoms with van der Waals surface area (Å²) in [5, 5.41) is 13.4. The summed E-state index contributed by atoms with van der Waals surface area (Å²) in [6.07, 6.45) is 2.28. The number of carbonyl (C=O) groups excluding carboxylic acids is 1. The average molecular weight is 298 g/mol. The third-order valence-corrected chi connectivity index (χ3v) is 5.34. The van der Waals surface area contributed by atoms with Crippen LogP contribution in [0.2, 0.25) is 0 Å². The predicted octanol–water partition coefficient (Wildman–Crippen LogP) is -0.247. The molecule has 6 heteroatoms. The first kappa shape index (κ1) is 15.2. The quantitative estimate of drug-likeness (QED) is 0.752. The summed E-state index contributed by atoms with van der Waals surface area (Å²) in [6, 6.07) is -0.207. The maximum atomic E-state index is 12.4. The lowest BCUT2D eigenvalue weighted by atomic mass is 9.58. The van der Waals surface area contributed by atoms with E-state index in [9.17, 15) is 9.90 Å². The zero-order valence-corrected chi connectivity index (χ0v) is 12.7. The number of rotatable bonds is 3. The van der Waals surface area contributed by atoms with Gasteiger partial charge in [-0.05, 0) is 19.8 Å². The standard InChI is InChI=1S/C15H26N2O4/c1-2-21-13-9-12(18)15(13)3-6-17(7-4-15)14(19)11-10-20-8-5-16-11/h11-13,16,18H,2-10H2,1H3/t11-,12+,13+/m0/s1. The second-order valence-electron chi connectivity index (χ2n) is 6.34. The number of nitrogens with one attached hydrogen (secondary N) is 1. The van der Waals surface area contributed by atoms with Gasteiger partial charge in [0, 0.05) is 38.1 Å². The molecule has 3 rings (SSSR count). The molecule has 0 bridgehead atoms. The largest absolute Gasteiger partial charge is 0.392 e. The zero-order valence-electron chi connectivity index (χ0n) is 12.7. The first-order chi connectivity index (χ1) is 10.2. The Bertz CT molecular complexity index is 374. The fourth-order valence-electron chi connectivity index (χ4n) is 3.90. The number of hydrogen-bond acceptors (Lipinski definition) is 5. The fraction of sp³-hybridized carbons (Fsp3) is 0.933. The van der Waals surface area contributed by atoms with Crippen molar-refractivity contribution in [3.8, 4) is 0 Å². The molecule has 0 aromatic heterocycles. The van der Waals surface area contributed by atoms with Crippen molar-refractivity contribution in [3.63, 3.8) is 0 Å². The van der Waals surface area contributed by atoms with Crippen molar-refractivity contribution in [1.29, 1.82) is 0 Å². The molecule has 1 spiro atoms. The maximum Gasteiger partial charge on any atom is 0.242 e. The molecule has 2 heterocycles. The number of aliphatic hydroxyl groups is 1. The Hall–Kier alpha value is -0.690. The summed E-state index contributed by atoms with van der Waals surface area (Å²) in [4.78, 5) is 14.4. The Labute approximate surface area is 125 Å². The number of morpholine rings is 1. The Balaban J connectivity index is 1.56. The molecule has 3 atom stereocenters. The van der Waals surface area contributed by atoms with Gasteiger partial charge in [-0.1, -0.05) is 0 Å². The van der Waals surface area contributed by atoms with Gasteiger partial charge >= 0.3 is 0 Å². The molecular formula is C15H26N2O4. The minimum absolute atomic E-state index is 0.122. The Kier molecular flexibility index (Phi) is 4.49. The Morgan fingerprint density at radius 3 is 2.81 bits per heavy atom. The monoisotopic (exact) mass is 298 g/mol. The average Bonchev–Trinajstić information content (AvgIpc) is 2.55. The van der Waals surface area contributed by atoms with E-state index in [1.807, 2.05) is 11.8 Å². The number of carbonyl (C=O) groups is 1. The number of hydrogen-bond donors (Lipinski definition) is 2. The summed E-state index contributed by atoms with van der Waals surface area (Å²) in [5.74, 6) is 0.131. The molecule has 3 fully saturated rings. The van der Waals surface area contributed by atoms with Crippen molar-refractivity contribution >= 4 is 5.91 Å². The molecule has 2 saturated heterocycles. The molecule has 2 N–H and O–H groups in total. The number of amides is 1. The van der Waals surface area contributed by atoms with Crippen molar-refractivity contribution in [2.75, 3.05) is 39.5 Å². The number of nitrogens with zero attached hydrogens (tertiary/aromatic N) is 1. The predicted molar refractivity (Wildman–Crippen MR) is 76.9 cm³/mol. The highest BCUT2D eigenvalue weighted by molar-refractivity contribution is 5.82. The van der Waals surface area contributed by atoms with E-state index in [0.717, 1.165) is 25.8 Å². The first-order valence-electron chi connectivity index (χ1n) is 8.07. The lowest BCUT2D eigenvalue weighted by molar-refractivity contribution is -0.210. The molecule has 0 unspecified atom stereocenters. The van der Waals surface area contributed by atoms with Gasteiger partial charge in [0.05, 0.1) is 25.4 Å². The van der Waals surface area contributed by atoms with Gasteiger partial charge in [-0.15, -0.1) is 0 Å². The minimum Gasteiger partial charge on any atom is -0.392 e. The van der Waals surface area contributed by atoms with Gasteiger partial charge in [-0.2, -0.15) is 0 Å². The molecule has 0 aromatic carbocycles. The summed E-state index contributed by atoms with van der Waals surface area (Å²) in [7, 11) is 0. The van der Waals surface area contributed by atoms with E-state index in [1.54, 1.807) is 0 Å². The zero-order chi connectivity index (χ0) is 14.9. The Morgan fingerprint density at radius 2 is 2.24 bits per heavy atom. The molecule has 1 amide bonds. The van der Waals surface area contributed by atoms with Crippen LogP contribution < -0.4 is 5.32 Å². The maximum absolute atomic E-state index is 12.4. The topological polar surface area (TPSA) is 71.0 Å². The molecular weight excluding hydrogens is 272 g/mol. The normalized spacial score (nSPS) is 35.5. The highest BCUT2D eigenvalue weighted by Crippen LogP contribution is 2.50. The number of ether oxygens (including phenoxy) is 2. The van der Waals surface area contributed by atoms with Gasteiger partial charge in [-0.3, -0.25) is 4.79 Å². The molecule has 2 aliphatic heterocycles. The lowest BCUT2D eigenvalue weighted by Crippen LogP contribution is -2.64. The van der Waals surface area contributed by atoms with Crippen LogP contribution in [0.25, 0.3) is 0 Å². The fourth-order valence-corrected chi connectivity index (χ4v) is 3.90. The molecule has 21 heavy (non-hydrogen) atoms. The van der Waals surface area contributed by atoms with Crippen molar-refractivity contribution in [3.05, 3.63) is 0 Å². The van der Waals surface area contributed by atoms with Gasteiger partial charge in [0.2, 0.25) is 5.91 Å². The van der Waals surface area contributed by atoms with Crippen LogP contribution in [0.1, 0.15) is 26.2 Å². The van der Waals surface area contributed by atoms with E-state index in [2.05, 4.69) is 5.32 Å². The van der Waals surface area contributed by atoms with Gasteiger partial charge < -0.3 is 24.8 Å². The van der Waals surface area contributed by atoms with E-state index < -0.39 is 0 Å². The van der Waals surface area contributed by atoms with E-state index in [4.69, 9.17) is 9.47 Å². The summed E-state index contributed by atoms with van der Waals surface area (Å²) in [6.45, 7) is 5.96. The second kappa shape index (κ2) is 6.20. The van der Waals surface area contributed by atoms with Crippen molar-refractivity contribution in [1.82, 2.24) is 10.2 Å². The van der Waals surface area contributed by atoms with Crippen LogP contribution in [0.15, 0.2) is 0 Å². The van der Waals surface area contributed by atoms with Gasteiger partial charge in [-0.25, -0.2) is 0 Å². The van der Waals surface area contributed by atoms with E-state index in [1.165, 1.54) is 0 Å². The number of piperidine rings is 1. The minimum atomic E-state index is -0.276. The van der Waals surface area contributed by atoms with Crippen LogP contribution in [-0.4, -0.2) is 73.6 Å². The van der Waals surface area contributed by atoms with Crippen molar-refractivity contribution < 1.29 is 19.4 Å². The van der Waals surface area contributed by atoms with Crippen LogP contribution in [0.4, 0.5) is 0 Å². The van der Waals surface area contributed by atoms with Gasteiger partial charge in [0.1, 0.15) is 6.04 Å². The summed E-state index contributed by atoms with van der Waals surface area (Å²) in [5.41, 5.74) is -0.122. The number of aliphatic hydroxyl groups excluding tert-OH is 1. The first-order valence-corrected chi connectivity index (χ1v) is 8.07. The third-order valence-electron chi connectivity index (χ3n) is 5.34. The highest BCUT2D eigenvalue weighted by Gasteiger charge is 2.56. The van der Waals surface area contributed by atoms with Gasteiger partial charge in [0.15, 0.2) is 0 Å². The molecule has 1 aliphatic carbocycles. The molecule has 0 aromatic rings. The lowest BCUT2D eigenvalue weighted by Gasteiger charge is -2.56. The molecule has 3 aliphatic rings. The van der Waals surface area contributed by atoms with Crippen LogP contribution >= 0.6 is 0 Å². The smallest absolute Gasteiger partial charge is 0.242 e. The molecule has 1 saturated carbocycles. The number of likely N-dealkylation sites (tertiary alicyclic amines) is 1.